The van der Waals surface area contributed by atoms with E-state index >= 15 is 0 Å². The molecule has 4 aromatic rings. The molecular weight excluding hydrogens is 432 g/mol. The molecular formula is C21H24N6O2S2. The lowest BCUT2D eigenvalue weighted by molar-refractivity contribution is 0.438. The first-order valence-corrected chi connectivity index (χ1v) is 12.2. The molecule has 1 atom stereocenters. The Bertz CT molecular complexity index is 1330. The Hall–Kier alpha value is -2.59. The Morgan fingerprint density at radius 2 is 2.10 bits per heavy atom. The fourth-order valence-electron chi connectivity index (χ4n) is 4.18. The Morgan fingerprint density at radius 3 is 2.90 bits per heavy atom. The number of nitrogens with zero attached hydrogens (tertiary/aromatic N) is 5. The molecule has 0 radical (unpaired) electrons. The lowest BCUT2D eigenvalue weighted by atomic mass is 10.0. The average Bonchev–Trinajstić information content (AvgIpc) is 3.34. The highest BCUT2D eigenvalue weighted by atomic mass is 32.2. The highest BCUT2D eigenvalue weighted by Gasteiger charge is 2.25. The second-order valence-corrected chi connectivity index (χ2v) is 10.4. The number of para-hydroxylation sites is 1. The zero-order valence-electron chi connectivity index (χ0n) is 17.5. The number of hydrogen-bond acceptors (Lipinski definition) is 7. The fraction of sp³-hybridized carbons (Fsp3) is 0.429. The van der Waals surface area contributed by atoms with Crippen LogP contribution in [-0.2, 0) is 13.6 Å². The summed E-state index contributed by atoms with van der Waals surface area (Å²) < 4.78 is 5.59. The monoisotopic (exact) mass is 456 g/mol. The minimum Gasteiger partial charge on any atom is -0.342 e. The number of aryl methyl sites for hydroxylation is 2. The number of piperidine rings is 1. The fourth-order valence-corrected chi connectivity index (χ4v) is 6.25. The second-order valence-electron chi connectivity index (χ2n) is 8.04. The van der Waals surface area contributed by atoms with Crippen molar-refractivity contribution >= 4 is 50.4 Å². The predicted octanol–water partition coefficient (Wildman–Crippen LogP) is 3.06. The molecule has 3 aromatic heterocycles. The van der Waals surface area contributed by atoms with E-state index < -0.39 is 5.69 Å². The molecule has 4 heterocycles. The van der Waals surface area contributed by atoms with E-state index in [-0.39, 0.29) is 5.56 Å². The van der Waals surface area contributed by atoms with Gasteiger partial charge in [-0.15, -0.1) is 11.3 Å². The van der Waals surface area contributed by atoms with Crippen LogP contribution in [-0.4, -0.2) is 42.9 Å². The van der Waals surface area contributed by atoms with Crippen molar-refractivity contribution in [1.29, 1.82) is 0 Å². The number of thioether (sulfide) groups is 1. The van der Waals surface area contributed by atoms with Crippen LogP contribution < -0.4 is 16.1 Å². The lowest BCUT2D eigenvalue weighted by Crippen LogP contribution is -2.36. The minimum atomic E-state index is -0.440. The van der Waals surface area contributed by atoms with Crippen molar-refractivity contribution in [1.82, 2.24) is 24.1 Å². The standard InChI is InChI=1S/C21H24N6O2S2/c1-13-6-5-9-26(12-13)19-23-17-16(18(28)24-20(29)25(17)2)27(19)10-11-30-21-22-14-7-3-4-8-15(14)31-21/h3-4,7-8,13H,5-6,9-12H2,1-2H3,(H,24,28,29)/t13-/m1/s1. The smallest absolute Gasteiger partial charge is 0.329 e. The molecule has 1 aromatic carbocycles. The second kappa shape index (κ2) is 8.16. The average molecular weight is 457 g/mol. The summed E-state index contributed by atoms with van der Waals surface area (Å²) >= 11 is 3.36. The summed E-state index contributed by atoms with van der Waals surface area (Å²) in [5.74, 6) is 2.10. The molecule has 1 N–H and O–H groups in total. The SMILES string of the molecule is C[C@@H]1CCCN(c2nc3c(c(=O)[nH]c(=O)n3C)n2CCSc2nc3ccccc3s2)C1. The van der Waals surface area contributed by atoms with E-state index in [1.165, 1.54) is 15.7 Å². The van der Waals surface area contributed by atoms with Gasteiger partial charge < -0.3 is 9.47 Å². The zero-order valence-corrected chi connectivity index (χ0v) is 19.1. The summed E-state index contributed by atoms with van der Waals surface area (Å²) in [7, 11) is 1.65. The summed E-state index contributed by atoms with van der Waals surface area (Å²) in [6, 6.07) is 8.12. The topological polar surface area (TPSA) is 88.8 Å². The molecule has 1 saturated heterocycles. The van der Waals surface area contributed by atoms with Gasteiger partial charge in [0.15, 0.2) is 15.5 Å². The number of anilines is 1. The van der Waals surface area contributed by atoms with Gasteiger partial charge in [0.2, 0.25) is 5.95 Å². The molecule has 31 heavy (non-hydrogen) atoms. The molecule has 8 nitrogen and oxygen atoms in total. The number of nitrogens with one attached hydrogen (secondary N) is 1. The first-order valence-electron chi connectivity index (χ1n) is 10.4. The van der Waals surface area contributed by atoms with Crippen molar-refractivity contribution in [2.24, 2.45) is 13.0 Å². The van der Waals surface area contributed by atoms with Crippen molar-refractivity contribution in [2.45, 2.75) is 30.6 Å². The van der Waals surface area contributed by atoms with Crippen LogP contribution in [0.1, 0.15) is 19.8 Å². The third kappa shape index (κ3) is 3.78. The van der Waals surface area contributed by atoms with Gasteiger partial charge in [-0.05, 0) is 30.9 Å². The Morgan fingerprint density at radius 1 is 1.26 bits per heavy atom. The molecule has 0 spiro atoms. The maximum Gasteiger partial charge on any atom is 0.329 e. The zero-order chi connectivity index (χ0) is 21.5. The number of rotatable bonds is 5. The molecule has 1 aliphatic heterocycles. The Kier molecular flexibility index (Phi) is 5.35. The molecule has 1 fully saturated rings. The maximum absolute atomic E-state index is 12.7. The van der Waals surface area contributed by atoms with Crippen LogP contribution in [0.3, 0.4) is 0 Å². The predicted molar refractivity (Wildman–Crippen MR) is 127 cm³/mol. The van der Waals surface area contributed by atoms with Gasteiger partial charge in [0.1, 0.15) is 0 Å². The van der Waals surface area contributed by atoms with E-state index in [1.807, 2.05) is 22.8 Å². The number of benzene rings is 1. The van der Waals surface area contributed by atoms with Gasteiger partial charge in [-0.25, -0.2) is 9.78 Å². The quantitative estimate of drug-likeness (QED) is 0.465. The maximum atomic E-state index is 12.7. The molecule has 0 aliphatic carbocycles. The van der Waals surface area contributed by atoms with Crippen molar-refractivity contribution in [2.75, 3.05) is 23.7 Å². The molecule has 1 aliphatic rings. The Balaban J connectivity index is 1.49. The number of hydrogen-bond donors (Lipinski definition) is 1. The van der Waals surface area contributed by atoms with Crippen LogP contribution in [0.4, 0.5) is 5.95 Å². The van der Waals surface area contributed by atoms with E-state index in [1.54, 1.807) is 30.1 Å². The van der Waals surface area contributed by atoms with Gasteiger partial charge in [0.25, 0.3) is 5.56 Å². The van der Waals surface area contributed by atoms with Gasteiger partial charge in [-0.3, -0.25) is 14.3 Å². The molecule has 0 bridgehead atoms. The molecule has 0 saturated carbocycles. The molecule has 0 amide bonds. The number of fused-ring (bicyclic) bond motifs is 2. The van der Waals surface area contributed by atoms with Crippen molar-refractivity contribution in [3.8, 4) is 0 Å². The van der Waals surface area contributed by atoms with Gasteiger partial charge >= 0.3 is 5.69 Å². The summed E-state index contributed by atoms with van der Waals surface area (Å²) in [6.45, 7) is 4.66. The number of H-pyrrole nitrogens is 1. The van der Waals surface area contributed by atoms with Gasteiger partial charge in [-0.1, -0.05) is 30.8 Å². The van der Waals surface area contributed by atoms with Crippen molar-refractivity contribution < 1.29 is 0 Å². The van der Waals surface area contributed by atoms with E-state index in [4.69, 9.17) is 9.97 Å². The minimum absolute atomic E-state index is 0.383. The van der Waals surface area contributed by atoms with Crippen LogP contribution in [0.15, 0.2) is 38.2 Å². The van der Waals surface area contributed by atoms with Crippen LogP contribution in [0.25, 0.3) is 21.4 Å². The van der Waals surface area contributed by atoms with Gasteiger partial charge in [-0.2, -0.15) is 4.98 Å². The van der Waals surface area contributed by atoms with E-state index in [2.05, 4.69) is 22.9 Å². The van der Waals surface area contributed by atoms with Gasteiger partial charge in [0.05, 0.1) is 10.2 Å². The molecule has 5 rings (SSSR count). The van der Waals surface area contributed by atoms with E-state index in [0.29, 0.717) is 23.6 Å². The van der Waals surface area contributed by atoms with E-state index in [9.17, 15) is 9.59 Å². The summed E-state index contributed by atoms with van der Waals surface area (Å²) in [4.78, 5) is 39.0. The number of aromatic amines is 1. The normalized spacial score (nSPS) is 17.1. The van der Waals surface area contributed by atoms with Crippen LogP contribution >= 0.6 is 23.1 Å². The number of aromatic nitrogens is 5. The van der Waals surface area contributed by atoms with Crippen LogP contribution in [0.2, 0.25) is 0 Å². The summed E-state index contributed by atoms with van der Waals surface area (Å²) in [5.41, 5.74) is 1.08. The van der Waals surface area contributed by atoms with E-state index in [0.717, 1.165) is 41.1 Å². The molecule has 0 unspecified atom stereocenters. The molecule has 162 valence electrons. The number of imidazole rings is 1. The van der Waals surface area contributed by atoms with Crippen LogP contribution in [0.5, 0.6) is 0 Å². The van der Waals surface area contributed by atoms with Crippen molar-refractivity contribution in [3.63, 3.8) is 0 Å². The summed E-state index contributed by atoms with van der Waals surface area (Å²) in [6.07, 6.45) is 2.30. The van der Waals surface area contributed by atoms with Crippen LogP contribution in [0, 0.1) is 5.92 Å². The third-order valence-corrected chi connectivity index (χ3v) is 7.90. The summed E-state index contributed by atoms with van der Waals surface area (Å²) in [5, 5.41) is 0. The van der Waals surface area contributed by atoms with Crippen molar-refractivity contribution in [3.05, 3.63) is 45.1 Å². The number of thiazole rings is 1. The first kappa shape index (κ1) is 20.3. The third-order valence-electron chi connectivity index (χ3n) is 5.74. The highest BCUT2D eigenvalue weighted by Crippen LogP contribution is 2.30. The molecule has 10 heteroatoms. The lowest BCUT2D eigenvalue weighted by Gasteiger charge is -2.32. The largest absolute Gasteiger partial charge is 0.342 e. The first-order chi connectivity index (χ1) is 15.0. The highest BCUT2D eigenvalue weighted by molar-refractivity contribution is 8.01. The Labute approximate surface area is 186 Å². The van der Waals surface area contributed by atoms with Gasteiger partial charge in [0, 0.05) is 32.4 Å².